The Morgan fingerprint density at radius 3 is 2.75 bits per heavy atom. The molecule has 3 rings (SSSR count). The Bertz CT molecular complexity index is 729. The Hall–Kier alpha value is -1.86. The first-order valence-electron chi connectivity index (χ1n) is 7.37. The molecule has 0 fully saturated rings. The third kappa shape index (κ3) is 4.36. The lowest BCUT2D eigenvalue weighted by Gasteiger charge is -2.12. The molecule has 5 nitrogen and oxygen atoms in total. The van der Waals surface area contributed by atoms with Gasteiger partial charge in [0.05, 0.1) is 30.0 Å². The zero-order valence-electron chi connectivity index (χ0n) is 13.2. The number of ether oxygens (including phenoxy) is 1. The summed E-state index contributed by atoms with van der Waals surface area (Å²) in [4.78, 5) is 1.16. The van der Waals surface area contributed by atoms with Crippen LogP contribution in [-0.4, -0.2) is 29.0 Å². The van der Waals surface area contributed by atoms with Crippen molar-refractivity contribution < 1.29 is 9.84 Å². The minimum absolute atomic E-state index is 0. The molecule has 1 unspecified atom stereocenters. The summed E-state index contributed by atoms with van der Waals surface area (Å²) < 4.78 is 5.12. The van der Waals surface area contributed by atoms with Crippen molar-refractivity contribution in [2.45, 2.75) is 12.6 Å². The van der Waals surface area contributed by atoms with E-state index in [0.717, 1.165) is 27.4 Å². The zero-order valence-corrected chi connectivity index (χ0v) is 14.9. The minimum Gasteiger partial charge on any atom is -0.497 e. The third-order valence-electron chi connectivity index (χ3n) is 3.64. The van der Waals surface area contributed by atoms with Crippen molar-refractivity contribution in [3.63, 3.8) is 0 Å². The Morgan fingerprint density at radius 1 is 1.29 bits per heavy atom. The molecule has 7 heteroatoms. The van der Waals surface area contributed by atoms with Gasteiger partial charge in [0.1, 0.15) is 5.75 Å². The SMILES string of the molecule is COc1ccc(C(O)CNCc2cn[nH]c2-c2cccs2)cc1.Cl. The number of hydrogen-bond acceptors (Lipinski definition) is 5. The van der Waals surface area contributed by atoms with Gasteiger partial charge in [-0.05, 0) is 29.1 Å². The maximum absolute atomic E-state index is 10.2. The van der Waals surface area contributed by atoms with E-state index in [1.807, 2.05) is 41.9 Å². The van der Waals surface area contributed by atoms with Gasteiger partial charge in [-0.2, -0.15) is 5.10 Å². The predicted molar refractivity (Wildman–Crippen MR) is 98.8 cm³/mol. The van der Waals surface area contributed by atoms with Gasteiger partial charge >= 0.3 is 0 Å². The molecule has 0 saturated carbocycles. The molecule has 3 N–H and O–H groups in total. The molecule has 128 valence electrons. The molecule has 0 aliphatic rings. The van der Waals surface area contributed by atoms with Crippen molar-refractivity contribution in [1.29, 1.82) is 0 Å². The molecule has 0 saturated heterocycles. The van der Waals surface area contributed by atoms with Gasteiger partial charge in [0.25, 0.3) is 0 Å². The first-order chi connectivity index (χ1) is 11.3. The predicted octanol–water partition coefficient (Wildman–Crippen LogP) is 3.39. The van der Waals surface area contributed by atoms with Gasteiger partial charge in [0, 0.05) is 18.7 Å². The zero-order chi connectivity index (χ0) is 16.1. The Balaban J connectivity index is 0.00000208. The van der Waals surface area contributed by atoms with Crippen molar-refractivity contribution in [1.82, 2.24) is 15.5 Å². The number of nitrogens with zero attached hydrogens (tertiary/aromatic N) is 1. The van der Waals surface area contributed by atoms with E-state index in [0.29, 0.717) is 13.1 Å². The Morgan fingerprint density at radius 2 is 2.08 bits per heavy atom. The lowest BCUT2D eigenvalue weighted by atomic mass is 10.1. The van der Waals surface area contributed by atoms with E-state index in [9.17, 15) is 5.11 Å². The van der Waals surface area contributed by atoms with Gasteiger partial charge in [-0.25, -0.2) is 0 Å². The molecule has 0 bridgehead atoms. The van der Waals surface area contributed by atoms with Gasteiger partial charge in [-0.1, -0.05) is 18.2 Å². The number of hydrogen-bond donors (Lipinski definition) is 3. The second-order valence-electron chi connectivity index (χ2n) is 5.17. The summed E-state index contributed by atoms with van der Waals surface area (Å²) >= 11 is 1.67. The molecule has 2 aromatic heterocycles. The van der Waals surface area contributed by atoms with E-state index < -0.39 is 6.10 Å². The number of thiophene rings is 1. The molecule has 24 heavy (non-hydrogen) atoms. The van der Waals surface area contributed by atoms with Gasteiger partial charge in [0.15, 0.2) is 0 Å². The highest BCUT2D eigenvalue weighted by Crippen LogP contribution is 2.25. The summed E-state index contributed by atoms with van der Waals surface area (Å²) in [5.74, 6) is 0.785. The van der Waals surface area contributed by atoms with Crippen LogP contribution < -0.4 is 10.1 Å². The summed E-state index contributed by atoms with van der Waals surface area (Å²) in [5.41, 5.74) is 2.99. The largest absolute Gasteiger partial charge is 0.497 e. The molecule has 0 aliphatic carbocycles. The first kappa shape index (κ1) is 18.5. The van der Waals surface area contributed by atoms with Crippen molar-refractivity contribution in [3.8, 4) is 16.3 Å². The second kappa shape index (κ2) is 8.84. The quantitative estimate of drug-likeness (QED) is 0.600. The number of H-pyrrole nitrogens is 1. The van der Waals surface area contributed by atoms with Crippen LogP contribution in [-0.2, 0) is 6.54 Å². The van der Waals surface area contributed by atoms with Gasteiger partial charge < -0.3 is 15.2 Å². The van der Waals surface area contributed by atoms with Crippen LogP contribution in [0.25, 0.3) is 10.6 Å². The summed E-state index contributed by atoms with van der Waals surface area (Å²) in [6.45, 7) is 1.12. The lowest BCUT2D eigenvalue weighted by molar-refractivity contribution is 0.174. The van der Waals surface area contributed by atoms with Crippen LogP contribution in [0.2, 0.25) is 0 Å². The fourth-order valence-corrected chi connectivity index (χ4v) is 3.12. The fourth-order valence-electron chi connectivity index (χ4n) is 2.37. The number of nitrogens with one attached hydrogen (secondary N) is 2. The van der Waals surface area contributed by atoms with Crippen LogP contribution in [0.1, 0.15) is 17.2 Å². The normalized spacial score (nSPS) is 11.8. The van der Waals surface area contributed by atoms with Crippen molar-refractivity contribution in [3.05, 3.63) is 59.1 Å². The standard InChI is InChI=1S/C17H19N3O2S.ClH/c1-22-14-6-4-12(5-7-14)15(21)11-18-9-13-10-19-20-17(13)16-3-2-8-23-16;/h2-8,10,15,18,21H,9,11H2,1H3,(H,19,20);1H. The maximum atomic E-state index is 10.2. The lowest BCUT2D eigenvalue weighted by Crippen LogP contribution is -2.21. The molecule has 0 amide bonds. The highest BCUT2D eigenvalue weighted by molar-refractivity contribution is 7.13. The monoisotopic (exact) mass is 365 g/mol. The Labute approximate surface area is 151 Å². The van der Waals surface area contributed by atoms with Gasteiger partial charge in [-0.3, -0.25) is 5.10 Å². The van der Waals surface area contributed by atoms with Gasteiger partial charge in [0.2, 0.25) is 0 Å². The fraction of sp³-hybridized carbons (Fsp3) is 0.235. The first-order valence-corrected chi connectivity index (χ1v) is 8.24. The molecule has 0 radical (unpaired) electrons. The molecule has 1 aromatic carbocycles. The maximum Gasteiger partial charge on any atom is 0.118 e. The summed E-state index contributed by atoms with van der Waals surface area (Å²) in [6.07, 6.45) is 1.26. The third-order valence-corrected chi connectivity index (χ3v) is 4.53. The van der Waals surface area contributed by atoms with E-state index in [2.05, 4.69) is 21.6 Å². The average Bonchev–Trinajstić information content (AvgIpc) is 3.25. The molecular formula is C17H20ClN3O2S. The number of methoxy groups -OCH3 is 1. The minimum atomic E-state index is -0.557. The molecule has 2 heterocycles. The number of aromatic nitrogens is 2. The van der Waals surface area contributed by atoms with Crippen molar-refractivity contribution >= 4 is 23.7 Å². The van der Waals surface area contributed by atoms with E-state index in [4.69, 9.17) is 4.74 Å². The van der Waals surface area contributed by atoms with Crippen LogP contribution in [0.5, 0.6) is 5.75 Å². The number of benzene rings is 1. The molecule has 3 aromatic rings. The van der Waals surface area contributed by atoms with E-state index >= 15 is 0 Å². The molecule has 0 spiro atoms. The summed E-state index contributed by atoms with van der Waals surface area (Å²) in [6, 6.07) is 11.5. The van der Waals surface area contributed by atoms with Crippen LogP contribution in [0.4, 0.5) is 0 Å². The van der Waals surface area contributed by atoms with Gasteiger partial charge in [-0.15, -0.1) is 23.7 Å². The second-order valence-corrected chi connectivity index (χ2v) is 6.12. The van der Waals surface area contributed by atoms with Crippen LogP contribution in [0.3, 0.4) is 0 Å². The smallest absolute Gasteiger partial charge is 0.118 e. The van der Waals surface area contributed by atoms with E-state index in [1.165, 1.54) is 0 Å². The topological polar surface area (TPSA) is 70.2 Å². The number of halogens is 1. The van der Waals surface area contributed by atoms with E-state index in [1.54, 1.807) is 18.4 Å². The number of aliphatic hydroxyl groups excluding tert-OH is 1. The number of rotatable bonds is 7. The number of aliphatic hydroxyl groups is 1. The Kier molecular flexibility index (Phi) is 6.81. The summed E-state index contributed by atoms with van der Waals surface area (Å²) in [5, 5.41) is 22.7. The van der Waals surface area contributed by atoms with Crippen LogP contribution in [0, 0.1) is 0 Å². The molecular weight excluding hydrogens is 346 g/mol. The van der Waals surface area contributed by atoms with E-state index in [-0.39, 0.29) is 12.4 Å². The van der Waals surface area contributed by atoms with Crippen molar-refractivity contribution in [2.24, 2.45) is 0 Å². The average molecular weight is 366 g/mol. The molecule has 0 aliphatic heterocycles. The number of aromatic amines is 1. The highest BCUT2D eigenvalue weighted by atomic mass is 35.5. The van der Waals surface area contributed by atoms with Crippen LogP contribution >= 0.6 is 23.7 Å². The summed E-state index contributed by atoms with van der Waals surface area (Å²) in [7, 11) is 1.63. The van der Waals surface area contributed by atoms with Crippen LogP contribution in [0.15, 0.2) is 48.0 Å². The van der Waals surface area contributed by atoms with Crippen molar-refractivity contribution in [2.75, 3.05) is 13.7 Å². The molecule has 1 atom stereocenters. The highest BCUT2D eigenvalue weighted by Gasteiger charge is 2.10.